The number of carbonyl (C=O) groups is 1. The van der Waals surface area contributed by atoms with Crippen LogP contribution in [-0.4, -0.2) is 38.7 Å². The molecular weight excluding hydrogens is 387 g/mol. The molecule has 27 heavy (non-hydrogen) atoms. The highest BCUT2D eigenvalue weighted by Gasteiger charge is 2.11. The molecular formula is C20H26Cl2N2O3. The Labute approximate surface area is 172 Å². The third-order valence-electron chi connectivity index (χ3n) is 4.01. The van der Waals surface area contributed by atoms with Crippen molar-refractivity contribution in [2.75, 3.05) is 27.7 Å². The molecule has 0 spiro atoms. The lowest BCUT2D eigenvalue weighted by Gasteiger charge is -2.18. The van der Waals surface area contributed by atoms with Gasteiger partial charge in [-0.1, -0.05) is 23.7 Å². The first kappa shape index (κ1) is 23.1. The molecule has 1 unspecified atom stereocenters. The average molecular weight is 413 g/mol. The van der Waals surface area contributed by atoms with E-state index < -0.39 is 6.09 Å². The van der Waals surface area contributed by atoms with Gasteiger partial charge in [-0.05, 0) is 55.4 Å². The molecule has 0 saturated carbocycles. The number of hydrogen-bond acceptors (Lipinski definition) is 4. The van der Waals surface area contributed by atoms with Gasteiger partial charge in [0.15, 0.2) is 0 Å². The summed E-state index contributed by atoms with van der Waals surface area (Å²) in [5.41, 5.74) is 2.10. The van der Waals surface area contributed by atoms with Crippen LogP contribution in [0.3, 0.4) is 0 Å². The first-order chi connectivity index (χ1) is 12.4. The van der Waals surface area contributed by atoms with Gasteiger partial charge in [-0.2, -0.15) is 0 Å². The zero-order valence-corrected chi connectivity index (χ0v) is 17.6. The van der Waals surface area contributed by atoms with E-state index in [0.717, 1.165) is 28.3 Å². The fourth-order valence-corrected chi connectivity index (χ4v) is 2.56. The zero-order valence-electron chi connectivity index (χ0n) is 16.0. The Morgan fingerprint density at radius 1 is 1.15 bits per heavy atom. The third kappa shape index (κ3) is 6.94. The highest BCUT2D eigenvalue weighted by atomic mass is 35.5. The van der Waals surface area contributed by atoms with E-state index in [9.17, 15) is 4.79 Å². The van der Waals surface area contributed by atoms with Gasteiger partial charge in [-0.15, -0.1) is 12.4 Å². The van der Waals surface area contributed by atoms with Gasteiger partial charge >= 0.3 is 6.09 Å². The quantitative estimate of drug-likeness (QED) is 0.705. The Balaban J connectivity index is 0.00000364. The maximum Gasteiger partial charge on any atom is 0.414 e. The highest BCUT2D eigenvalue weighted by Crippen LogP contribution is 2.23. The van der Waals surface area contributed by atoms with Crippen LogP contribution in [0.5, 0.6) is 11.5 Å². The van der Waals surface area contributed by atoms with Crippen molar-refractivity contribution < 1.29 is 14.3 Å². The maximum atomic E-state index is 11.6. The number of carbonyl (C=O) groups excluding carboxylic acids is 1. The van der Waals surface area contributed by atoms with Gasteiger partial charge in [0.05, 0.1) is 6.61 Å². The van der Waals surface area contributed by atoms with E-state index in [4.69, 9.17) is 21.1 Å². The molecule has 0 saturated heterocycles. The number of nitrogens with zero attached hydrogens (tertiary/aromatic N) is 1. The fraction of sp³-hybridized carbons (Fsp3) is 0.350. The Kier molecular flexibility index (Phi) is 9.43. The number of nitrogens with one attached hydrogen (secondary N) is 1. The molecule has 0 heterocycles. The molecule has 0 aliphatic heterocycles. The van der Waals surface area contributed by atoms with Crippen LogP contribution in [0, 0.1) is 6.92 Å². The molecule has 0 aliphatic carbocycles. The summed E-state index contributed by atoms with van der Waals surface area (Å²) >= 11 is 6.03. The highest BCUT2D eigenvalue weighted by molar-refractivity contribution is 6.31. The Bertz CT molecular complexity index is 737. The summed E-state index contributed by atoms with van der Waals surface area (Å²) in [5, 5.41) is 4.02. The zero-order chi connectivity index (χ0) is 19.1. The minimum absolute atomic E-state index is 0. The topological polar surface area (TPSA) is 50.8 Å². The van der Waals surface area contributed by atoms with E-state index >= 15 is 0 Å². The number of aryl methyl sites for hydroxylation is 1. The molecule has 0 aromatic heterocycles. The van der Waals surface area contributed by atoms with Crippen LogP contribution in [0.1, 0.15) is 23.6 Å². The fourth-order valence-electron chi connectivity index (χ4n) is 2.44. The summed E-state index contributed by atoms with van der Waals surface area (Å²) < 4.78 is 11.1. The van der Waals surface area contributed by atoms with Gasteiger partial charge in [-0.3, -0.25) is 0 Å². The number of amides is 1. The van der Waals surface area contributed by atoms with Crippen molar-refractivity contribution in [2.45, 2.75) is 19.4 Å². The third-order valence-corrected chi connectivity index (χ3v) is 4.43. The smallest absolute Gasteiger partial charge is 0.414 e. The van der Waals surface area contributed by atoms with Gasteiger partial charge in [0.25, 0.3) is 0 Å². The Hall–Kier alpha value is -1.95. The first-order valence-electron chi connectivity index (χ1n) is 8.46. The second-order valence-corrected chi connectivity index (χ2v) is 6.63. The van der Waals surface area contributed by atoms with Gasteiger partial charge < -0.3 is 19.7 Å². The van der Waals surface area contributed by atoms with Crippen LogP contribution in [0.25, 0.3) is 0 Å². The van der Waals surface area contributed by atoms with Crippen LogP contribution in [-0.2, 0) is 0 Å². The molecule has 7 heteroatoms. The molecule has 5 nitrogen and oxygen atoms in total. The van der Waals surface area contributed by atoms with Crippen molar-refractivity contribution in [2.24, 2.45) is 0 Å². The van der Waals surface area contributed by atoms with Gasteiger partial charge in [-0.25, -0.2) is 4.79 Å². The van der Waals surface area contributed by atoms with Gasteiger partial charge in [0.1, 0.15) is 11.5 Å². The molecule has 0 aliphatic rings. The lowest BCUT2D eigenvalue weighted by atomic mass is 10.0. The van der Waals surface area contributed by atoms with E-state index in [1.54, 1.807) is 26.2 Å². The first-order valence-corrected chi connectivity index (χ1v) is 8.84. The van der Waals surface area contributed by atoms with Crippen molar-refractivity contribution in [3.63, 3.8) is 0 Å². The predicted molar refractivity (Wildman–Crippen MR) is 112 cm³/mol. The predicted octanol–water partition coefficient (Wildman–Crippen LogP) is 4.86. The van der Waals surface area contributed by atoms with Crippen LogP contribution in [0.2, 0.25) is 5.02 Å². The molecule has 0 radical (unpaired) electrons. The van der Waals surface area contributed by atoms with Crippen molar-refractivity contribution in [3.05, 3.63) is 58.6 Å². The van der Waals surface area contributed by atoms with Crippen LogP contribution < -0.4 is 14.8 Å². The lowest BCUT2D eigenvalue weighted by Crippen LogP contribution is -2.25. The maximum absolute atomic E-state index is 11.6. The molecule has 2 aromatic carbocycles. The second kappa shape index (κ2) is 11.0. The summed E-state index contributed by atoms with van der Waals surface area (Å²) in [5.74, 6) is 1.34. The summed E-state index contributed by atoms with van der Waals surface area (Å²) in [6.45, 7) is 2.53. The molecule has 1 atom stereocenters. The normalized spacial score (nSPS) is 11.3. The van der Waals surface area contributed by atoms with Crippen molar-refractivity contribution in [3.8, 4) is 11.5 Å². The molecule has 1 amide bonds. The number of hydrogen-bond donors (Lipinski definition) is 1. The minimum Gasteiger partial charge on any atom is -0.494 e. The summed E-state index contributed by atoms with van der Waals surface area (Å²) in [6.07, 6.45) is 0.407. The Morgan fingerprint density at radius 3 is 2.33 bits per heavy atom. The van der Waals surface area contributed by atoms with Crippen LogP contribution in [0.4, 0.5) is 4.79 Å². The van der Waals surface area contributed by atoms with Gasteiger partial charge in [0.2, 0.25) is 0 Å². The molecule has 1 N–H and O–H groups in total. The van der Waals surface area contributed by atoms with Crippen LogP contribution >= 0.6 is 24.0 Å². The van der Waals surface area contributed by atoms with E-state index in [-0.39, 0.29) is 18.4 Å². The summed E-state index contributed by atoms with van der Waals surface area (Å²) in [7, 11) is 5.21. The van der Waals surface area contributed by atoms with Crippen molar-refractivity contribution >= 4 is 30.1 Å². The largest absolute Gasteiger partial charge is 0.494 e. The van der Waals surface area contributed by atoms with Crippen molar-refractivity contribution in [1.82, 2.24) is 10.2 Å². The average Bonchev–Trinajstić information content (AvgIpc) is 2.62. The summed E-state index contributed by atoms with van der Waals surface area (Å²) in [4.78, 5) is 13.0. The molecule has 2 rings (SSSR count). The number of rotatable bonds is 7. The molecule has 0 bridgehead atoms. The van der Waals surface area contributed by atoms with Crippen molar-refractivity contribution in [1.29, 1.82) is 0 Å². The van der Waals surface area contributed by atoms with Gasteiger partial charge in [0, 0.05) is 31.6 Å². The van der Waals surface area contributed by atoms with E-state index in [0.29, 0.717) is 12.4 Å². The van der Waals surface area contributed by atoms with E-state index in [1.165, 1.54) is 4.90 Å². The minimum atomic E-state index is -0.394. The van der Waals surface area contributed by atoms with E-state index in [1.807, 2.05) is 44.3 Å². The standard InChI is InChI=1S/C20H25ClN2O3.ClH/c1-14-13-17(9-10-18(14)21)25-12-11-19(22-2)15-5-7-16(8-6-15)26-20(24)23(3)4;/h5-10,13,19,22H,11-12H2,1-4H3;1H. The summed E-state index contributed by atoms with van der Waals surface area (Å²) in [6, 6.07) is 13.3. The number of benzene rings is 2. The SMILES string of the molecule is CNC(CCOc1ccc(Cl)c(C)c1)c1ccc(OC(=O)N(C)C)cc1.Cl. The van der Waals surface area contributed by atoms with E-state index in [2.05, 4.69) is 5.32 Å². The number of halogens is 2. The van der Waals surface area contributed by atoms with Crippen LogP contribution in [0.15, 0.2) is 42.5 Å². The Morgan fingerprint density at radius 2 is 1.78 bits per heavy atom. The molecule has 0 fully saturated rings. The molecule has 2 aromatic rings. The molecule has 148 valence electrons. The lowest BCUT2D eigenvalue weighted by molar-refractivity contribution is 0.172. The monoisotopic (exact) mass is 412 g/mol. The number of ether oxygens (including phenoxy) is 2. The second-order valence-electron chi connectivity index (χ2n) is 6.22.